The summed E-state index contributed by atoms with van der Waals surface area (Å²) in [7, 11) is 0. The second kappa shape index (κ2) is 12.6. The largest absolute Gasteiger partial charge is 0.494 e. The van der Waals surface area contributed by atoms with Gasteiger partial charge in [-0.3, -0.25) is 0 Å². The van der Waals surface area contributed by atoms with E-state index in [0.29, 0.717) is 5.92 Å². The van der Waals surface area contributed by atoms with Gasteiger partial charge in [-0.05, 0) is 74.0 Å². The topological polar surface area (TPSA) is 18.5 Å². The van der Waals surface area contributed by atoms with Crippen LogP contribution in [0.2, 0.25) is 0 Å². The first-order chi connectivity index (χ1) is 14.7. The molecule has 0 bridgehead atoms. The third-order valence-corrected chi connectivity index (χ3v) is 7.57. The fraction of sp³-hybridized carbons (Fsp3) is 0.786. The monoisotopic (exact) mass is 414 g/mol. The molecule has 2 heteroatoms. The van der Waals surface area contributed by atoms with E-state index in [1.165, 1.54) is 82.6 Å². The van der Waals surface area contributed by atoms with Crippen LogP contribution >= 0.6 is 0 Å². The van der Waals surface area contributed by atoms with Crippen LogP contribution in [-0.4, -0.2) is 13.2 Å². The van der Waals surface area contributed by atoms with Crippen LogP contribution in [-0.2, 0) is 0 Å². The average molecular weight is 415 g/mol. The van der Waals surface area contributed by atoms with Crippen molar-refractivity contribution in [2.24, 2.45) is 17.8 Å². The molecule has 2 aliphatic carbocycles. The molecule has 0 atom stereocenters. The zero-order chi connectivity index (χ0) is 21.2. The maximum Gasteiger partial charge on any atom is 0.123 e. The fourth-order valence-corrected chi connectivity index (χ4v) is 5.44. The lowest BCUT2D eigenvalue weighted by atomic mass is 9.79. The molecule has 2 aliphatic rings. The minimum absolute atomic E-state index is 0.635. The number of benzene rings is 1. The van der Waals surface area contributed by atoms with E-state index in [1.54, 1.807) is 0 Å². The summed E-state index contributed by atoms with van der Waals surface area (Å²) >= 11 is 0. The minimum Gasteiger partial charge on any atom is -0.494 e. The van der Waals surface area contributed by atoms with Gasteiger partial charge in [0.25, 0.3) is 0 Å². The molecule has 2 fully saturated rings. The van der Waals surface area contributed by atoms with Gasteiger partial charge < -0.3 is 9.47 Å². The Labute approximate surface area is 186 Å². The fourth-order valence-electron chi connectivity index (χ4n) is 5.44. The van der Waals surface area contributed by atoms with Crippen molar-refractivity contribution in [2.75, 3.05) is 13.2 Å². The first-order valence-corrected chi connectivity index (χ1v) is 13.1. The number of unbranched alkanes of at least 4 members (excludes halogenated alkanes) is 2. The molecular weight excluding hydrogens is 368 g/mol. The predicted molar refractivity (Wildman–Crippen MR) is 128 cm³/mol. The second-order valence-corrected chi connectivity index (χ2v) is 10.2. The molecule has 0 radical (unpaired) electrons. The number of hydrogen-bond donors (Lipinski definition) is 0. The van der Waals surface area contributed by atoms with Crippen molar-refractivity contribution in [1.82, 2.24) is 0 Å². The third kappa shape index (κ3) is 7.20. The van der Waals surface area contributed by atoms with E-state index < -0.39 is 0 Å². The molecule has 0 aliphatic heterocycles. The zero-order valence-electron chi connectivity index (χ0n) is 20.0. The summed E-state index contributed by atoms with van der Waals surface area (Å²) in [4.78, 5) is 0. The Morgan fingerprint density at radius 2 is 1.53 bits per heavy atom. The quantitative estimate of drug-likeness (QED) is 0.338. The Kier molecular flexibility index (Phi) is 9.88. The van der Waals surface area contributed by atoms with Gasteiger partial charge in [-0.2, -0.15) is 0 Å². The highest BCUT2D eigenvalue weighted by atomic mass is 16.5. The van der Waals surface area contributed by atoms with E-state index >= 15 is 0 Å². The van der Waals surface area contributed by atoms with Crippen molar-refractivity contribution in [1.29, 1.82) is 0 Å². The Morgan fingerprint density at radius 1 is 0.800 bits per heavy atom. The average Bonchev–Trinajstić information content (AvgIpc) is 2.78. The van der Waals surface area contributed by atoms with Crippen LogP contribution in [0.25, 0.3) is 0 Å². The van der Waals surface area contributed by atoms with Crippen LogP contribution in [0, 0.1) is 17.8 Å². The summed E-state index contributed by atoms with van der Waals surface area (Å²) in [5, 5.41) is 0. The standard InChI is InChI=1S/C28H46O2/c1-4-6-7-8-23-11-13-24(14-12-23)21-30-28-18-17-26(29-19-5-2)20-27(28)25-15-9-22(3)10-16-25/h17-18,20,22-25H,4-16,19,21H2,1-3H3. The number of ether oxygens (including phenoxy) is 2. The smallest absolute Gasteiger partial charge is 0.123 e. The molecular formula is C28H46O2. The number of rotatable bonds is 11. The minimum atomic E-state index is 0.635. The van der Waals surface area contributed by atoms with Gasteiger partial charge in [0.2, 0.25) is 0 Å². The summed E-state index contributed by atoms with van der Waals surface area (Å²) in [6, 6.07) is 6.59. The zero-order valence-corrected chi connectivity index (χ0v) is 20.0. The van der Waals surface area contributed by atoms with Crippen LogP contribution in [0.5, 0.6) is 11.5 Å². The van der Waals surface area contributed by atoms with Crippen LogP contribution in [0.1, 0.15) is 116 Å². The summed E-state index contributed by atoms with van der Waals surface area (Å²) in [6.07, 6.45) is 17.5. The Morgan fingerprint density at radius 3 is 2.23 bits per heavy atom. The molecule has 0 spiro atoms. The van der Waals surface area contributed by atoms with Gasteiger partial charge >= 0.3 is 0 Å². The molecule has 0 unspecified atom stereocenters. The SMILES string of the molecule is CCCCCC1CCC(COc2ccc(OCCC)cc2C2CCC(C)CC2)CC1. The molecule has 0 amide bonds. The van der Waals surface area contributed by atoms with Gasteiger partial charge in [-0.15, -0.1) is 0 Å². The van der Waals surface area contributed by atoms with Gasteiger partial charge in [-0.1, -0.05) is 72.1 Å². The summed E-state index contributed by atoms with van der Waals surface area (Å²) in [5.41, 5.74) is 1.41. The first kappa shape index (κ1) is 23.5. The van der Waals surface area contributed by atoms with Gasteiger partial charge in [0.15, 0.2) is 0 Å². The van der Waals surface area contributed by atoms with Crippen molar-refractivity contribution in [2.45, 2.75) is 110 Å². The molecule has 1 aromatic rings. The molecule has 3 rings (SSSR count). The molecule has 1 aromatic carbocycles. The maximum atomic E-state index is 6.49. The highest BCUT2D eigenvalue weighted by molar-refractivity contribution is 5.42. The summed E-state index contributed by atoms with van der Waals surface area (Å²) < 4.78 is 12.4. The molecule has 2 nitrogen and oxygen atoms in total. The summed E-state index contributed by atoms with van der Waals surface area (Å²) in [5.74, 6) is 5.37. The third-order valence-electron chi connectivity index (χ3n) is 7.57. The highest BCUT2D eigenvalue weighted by Crippen LogP contribution is 2.41. The summed E-state index contributed by atoms with van der Waals surface area (Å²) in [6.45, 7) is 8.56. The Bertz CT molecular complexity index is 595. The second-order valence-electron chi connectivity index (χ2n) is 10.2. The normalized spacial score (nSPS) is 27.0. The molecule has 170 valence electrons. The molecule has 0 N–H and O–H groups in total. The van der Waals surface area contributed by atoms with Gasteiger partial charge in [0.1, 0.15) is 11.5 Å². The van der Waals surface area contributed by atoms with Crippen molar-refractivity contribution < 1.29 is 9.47 Å². The molecule has 0 heterocycles. The van der Waals surface area contributed by atoms with Crippen LogP contribution in [0.4, 0.5) is 0 Å². The van der Waals surface area contributed by atoms with Crippen LogP contribution in [0.15, 0.2) is 18.2 Å². The highest BCUT2D eigenvalue weighted by Gasteiger charge is 2.25. The lowest BCUT2D eigenvalue weighted by Gasteiger charge is -2.30. The number of hydrogen-bond acceptors (Lipinski definition) is 2. The molecule has 0 saturated heterocycles. The lowest BCUT2D eigenvalue weighted by Crippen LogP contribution is -2.21. The Balaban J connectivity index is 1.55. The lowest BCUT2D eigenvalue weighted by molar-refractivity contribution is 0.175. The van der Waals surface area contributed by atoms with E-state index in [4.69, 9.17) is 9.47 Å². The maximum absolute atomic E-state index is 6.49. The van der Waals surface area contributed by atoms with E-state index in [1.807, 2.05) is 0 Å². The van der Waals surface area contributed by atoms with Gasteiger partial charge in [-0.25, -0.2) is 0 Å². The Hall–Kier alpha value is -1.18. The molecule has 0 aromatic heterocycles. The van der Waals surface area contributed by atoms with Gasteiger partial charge in [0.05, 0.1) is 13.2 Å². The van der Waals surface area contributed by atoms with Crippen molar-refractivity contribution in [3.05, 3.63) is 23.8 Å². The van der Waals surface area contributed by atoms with Crippen LogP contribution < -0.4 is 9.47 Å². The van der Waals surface area contributed by atoms with Crippen molar-refractivity contribution in [3.63, 3.8) is 0 Å². The van der Waals surface area contributed by atoms with Crippen molar-refractivity contribution >= 4 is 0 Å². The molecule has 30 heavy (non-hydrogen) atoms. The van der Waals surface area contributed by atoms with E-state index in [9.17, 15) is 0 Å². The first-order valence-electron chi connectivity index (χ1n) is 13.1. The van der Waals surface area contributed by atoms with E-state index in [0.717, 1.165) is 48.9 Å². The van der Waals surface area contributed by atoms with Crippen molar-refractivity contribution in [3.8, 4) is 11.5 Å². The van der Waals surface area contributed by atoms with E-state index in [2.05, 4.69) is 39.0 Å². The predicted octanol–water partition coefficient (Wildman–Crippen LogP) is 8.53. The van der Waals surface area contributed by atoms with Gasteiger partial charge in [0, 0.05) is 5.56 Å². The van der Waals surface area contributed by atoms with E-state index in [-0.39, 0.29) is 0 Å². The molecule has 2 saturated carbocycles. The van der Waals surface area contributed by atoms with Crippen LogP contribution in [0.3, 0.4) is 0 Å².